The molecule has 0 atom stereocenters. The molecule has 0 spiro atoms. The standard InChI is InChI=1S/C10H16N4O/c11-10(4-1-2-5-10)8-12-9-14(13-8)6-3-7-15-9/h1-7,11H2. The van der Waals surface area contributed by atoms with Crippen LogP contribution in [-0.4, -0.2) is 21.4 Å². The molecule has 1 aliphatic carbocycles. The van der Waals surface area contributed by atoms with Crippen LogP contribution in [0, 0.1) is 0 Å². The van der Waals surface area contributed by atoms with Gasteiger partial charge in [0.2, 0.25) is 0 Å². The Balaban J connectivity index is 1.95. The van der Waals surface area contributed by atoms with E-state index < -0.39 is 0 Å². The average molecular weight is 208 g/mol. The van der Waals surface area contributed by atoms with Crippen LogP contribution in [0.3, 0.4) is 0 Å². The van der Waals surface area contributed by atoms with E-state index >= 15 is 0 Å². The number of nitrogens with two attached hydrogens (primary N) is 1. The van der Waals surface area contributed by atoms with Gasteiger partial charge in [0.05, 0.1) is 12.1 Å². The maximum Gasteiger partial charge on any atom is 0.315 e. The lowest BCUT2D eigenvalue weighted by Gasteiger charge is -2.18. The van der Waals surface area contributed by atoms with Gasteiger partial charge in [-0.15, -0.1) is 0 Å². The minimum absolute atomic E-state index is 0.298. The quantitative estimate of drug-likeness (QED) is 0.741. The number of fused-ring (bicyclic) bond motifs is 1. The van der Waals surface area contributed by atoms with Crippen LogP contribution in [-0.2, 0) is 12.1 Å². The van der Waals surface area contributed by atoms with Gasteiger partial charge in [-0.05, 0) is 12.8 Å². The largest absolute Gasteiger partial charge is 0.464 e. The fourth-order valence-electron chi connectivity index (χ4n) is 2.40. The Hall–Kier alpha value is -1.10. The Kier molecular flexibility index (Phi) is 1.95. The van der Waals surface area contributed by atoms with Gasteiger partial charge in [-0.3, -0.25) is 0 Å². The smallest absolute Gasteiger partial charge is 0.315 e. The molecule has 0 aromatic carbocycles. The maximum absolute atomic E-state index is 6.30. The van der Waals surface area contributed by atoms with Gasteiger partial charge in [0.15, 0.2) is 5.82 Å². The van der Waals surface area contributed by atoms with Crippen molar-refractivity contribution < 1.29 is 4.74 Å². The first-order valence-electron chi connectivity index (χ1n) is 5.65. The van der Waals surface area contributed by atoms with E-state index in [0.717, 1.165) is 38.2 Å². The minimum Gasteiger partial charge on any atom is -0.464 e. The van der Waals surface area contributed by atoms with E-state index in [1.807, 2.05) is 4.68 Å². The molecule has 1 fully saturated rings. The summed E-state index contributed by atoms with van der Waals surface area (Å²) >= 11 is 0. The first-order chi connectivity index (χ1) is 7.28. The highest BCUT2D eigenvalue weighted by Crippen LogP contribution is 2.35. The molecule has 0 bridgehead atoms. The molecule has 3 rings (SSSR count). The fourth-order valence-corrected chi connectivity index (χ4v) is 2.40. The first-order valence-corrected chi connectivity index (χ1v) is 5.65. The van der Waals surface area contributed by atoms with Crippen molar-refractivity contribution in [2.75, 3.05) is 6.61 Å². The second-order valence-electron chi connectivity index (χ2n) is 4.51. The molecule has 0 amide bonds. The van der Waals surface area contributed by atoms with E-state index in [1.165, 1.54) is 12.8 Å². The molecular weight excluding hydrogens is 192 g/mol. The number of aromatic nitrogens is 3. The first kappa shape index (κ1) is 9.15. The molecule has 1 aromatic rings. The van der Waals surface area contributed by atoms with Crippen LogP contribution in [0.1, 0.15) is 37.9 Å². The topological polar surface area (TPSA) is 66.0 Å². The lowest BCUT2D eigenvalue weighted by molar-refractivity contribution is 0.221. The molecule has 15 heavy (non-hydrogen) atoms. The third kappa shape index (κ3) is 1.42. The summed E-state index contributed by atoms with van der Waals surface area (Å²) in [6, 6.07) is 0.646. The van der Waals surface area contributed by atoms with Crippen LogP contribution >= 0.6 is 0 Å². The predicted octanol–water partition coefficient (Wildman–Crippen LogP) is 0.789. The second kappa shape index (κ2) is 3.20. The summed E-state index contributed by atoms with van der Waals surface area (Å²) in [5.74, 6) is 0.775. The van der Waals surface area contributed by atoms with Crippen molar-refractivity contribution >= 4 is 0 Å². The molecular formula is C10H16N4O. The highest BCUT2D eigenvalue weighted by atomic mass is 16.5. The molecule has 82 valence electrons. The third-order valence-electron chi connectivity index (χ3n) is 3.32. The summed E-state index contributed by atoms with van der Waals surface area (Å²) in [6.45, 7) is 1.65. The highest BCUT2D eigenvalue weighted by Gasteiger charge is 2.36. The number of aryl methyl sites for hydroxylation is 1. The van der Waals surface area contributed by atoms with E-state index in [4.69, 9.17) is 10.5 Å². The van der Waals surface area contributed by atoms with Gasteiger partial charge in [-0.1, -0.05) is 12.8 Å². The molecule has 5 nitrogen and oxygen atoms in total. The minimum atomic E-state index is -0.298. The summed E-state index contributed by atoms with van der Waals surface area (Å²) in [5, 5.41) is 4.46. The summed E-state index contributed by atoms with van der Waals surface area (Å²) in [5.41, 5.74) is 6.00. The molecule has 2 aliphatic rings. The Bertz CT molecular complexity index is 344. The molecule has 1 aliphatic heterocycles. The zero-order valence-corrected chi connectivity index (χ0v) is 8.78. The normalized spacial score (nSPS) is 23.5. The van der Waals surface area contributed by atoms with E-state index in [2.05, 4.69) is 10.1 Å². The Morgan fingerprint density at radius 3 is 2.80 bits per heavy atom. The van der Waals surface area contributed by atoms with Gasteiger partial charge in [0, 0.05) is 13.0 Å². The molecule has 2 N–H and O–H groups in total. The summed E-state index contributed by atoms with van der Waals surface area (Å²) < 4.78 is 7.28. The van der Waals surface area contributed by atoms with E-state index in [9.17, 15) is 0 Å². The molecule has 2 heterocycles. The third-order valence-corrected chi connectivity index (χ3v) is 3.32. The number of nitrogens with zero attached hydrogens (tertiary/aromatic N) is 3. The summed E-state index contributed by atoms with van der Waals surface area (Å²) in [6.07, 6.45) is 5.36. The molecule has 5 heteroatoms. The molecule has 0 radical (unpaired) electrons. The second-order valence-corrected chi connectivity index (χ2v) is 4.51. The Morgan fingerprint density at radius 2 is 2.07 bits per heavy atom. The van der Waals surface area contributed by atoms with Crippen molar-refractivity contribution in [2.24, 2.45) is 5.73 Å². The van der Waals surface area contributed by atoms with Gasteiger partial charge in [0.25, 0.3) is 0 Å². The van der Waals surface area contributed by atoms with Gasteiger partial charge >= 0.3 is 6.01 Å². The van der Waals surface area contributed by atoms with Crippen LogP contribution in [0.25, 0.3) is 0 Å². The lowest BCUT2D eigenvalue weighted by Crippen LogP contribution is -2.34. The van der Waals surface area contributed by atoms with Crippen LogP contribution in [0.4, 0.5) is 0 Å². The van der Waals surface area contributed by atoms with Crippen molar-refractivity contribution in [1.29, 1.82) is 0 Å². The Labute approximate surface area is 88.6 Å². The van der Waals surface area contributed by atoms with Crippen molar-refractivity contribution in [1.82, 2.24) is 14.8 Å². The zero-order chi connectivity index (χ0) is 10.3. The number of rotatable bonds is 1. The molecule has 0 unspecified atom stereocenters. The number of hydrogen-bond donors (Lipinski definition) is 1. The maximum atomic E-state index is 6.30. The van der Waals surface area contributed by atoms with Gasteiger partial charge in [-0.2, -0.15) is 10.1 Å². The van der Waals surface area contributed by atoms with Crippen molar-refractivity contribution in [3.8, 4) is 6.01 Å². The molecule has 0 saturated heterocycles. The van der Waals surface area contributed by atoms with Gasteiger partial charge < -0.3 is 10.5 Å². The Morgan fingerprint density at radius 1 is 1.27 bits per heavy atom. The van der Waals surface area contributed by atoms with Crippen molar-refractivity contribution in [2.45, 2.75) is 44.2 Å². The van der Waals surface area contributed by atoms with Crippen molar-refractivity contribution in [3.63, 3.8) is 0 Å². The predicted molar refractivity (Wildman–Crippen MR) is 54.5 cm³/mol. The summed E-state index contributed by atoms with van der Waals surface area (Å²) in [7, 11) is 0. The van der Waals surface area contributed by atoms with E-state index in [1.54, 1.807) is 0 Å². The van der Waals surface area contributed by atoms with Crippen molar-refractivity contribution in [3.05, 3.63) is 5.82 Å². The van der Waals surface area contributed by atoms with Crippen LogP contribution < -0.4 is 10.5 Å². The number of hydrogen-bond acceptors (Lipinski definition) is 4. The average Bonchev–Trinajstić information content (AvgIpc) is 2.84. The number of ether oxygens (including phenoxy) is 1. The van der Waals surface area contributed by atoms with Crippen LogP contribution in [0.2, 0.25) is 0 Å². The van der Waals surface area contributed by atoms with E-state index in [0.29, 0.717) is 6.01 Å². The molecule has 1 aromatic heterocycles. The van der Waals surface area contributed by atoms with Gasteiger partial charge in [-0.25, -0.2) is 4.68 Å². The van der Waals surface area contributed by atoms with Crippen LogP contribution in [0.5, 0.6) is 6.01 Å². The lowest BCUT2D eigenvalue weighted by atomic mass is 9.99. The fraction of sp³-hybridized carbons (Fsp3) is 0.800. The SMILES string of the molecule is NC1(c2nc3n(n2)CCCO3)CCCC1. The van der Waals surface area contributed by atoms with Gasteiger partial charge in [0.1, 0.15) is 0 Å². The highest BCUT2D eigenvalue weighted by molar-refractivity contribution is 5.11. The molecule has 1 saturated carbocycles. The van der Waals surface area contributed by atoms with Crippen LogP contribution in [0.15, 0.2) is 0 Å². The monoisotopic (exact) mass is 208 g/mol. The zero-order valence-electron chi connectivity index (χ0n) is 8.78. The van der Waals surface area contributed by atoms with E-state index in [-0.39, 0.29) is 5.54 Å². The summed E-state index contributed by atoms with van der Waals surface area (Å²) in [4.78, 5) is 4.41.